The van der Waals surface area contributed by atoms with Crippen LogP contribution in [0, 0.1) is 0 Å². The SMILES string of the molecule is COCC(C)n1c(SC(C)C(=O)NCc2ccco2)nc2ccccc2c1=O. The second kappa shape index (κ2) is 9.07. The molecule has 28 heavy (non-hydrogen) atoms. The monoisotopic (exact) mass is 401 g/mol. The zero-order valence-electron chi connectivity index (χ0n) is 16.0. The Labute approximate surface area is 167 Å². The fourth-order valence-corrected chi connectivity index (χ4v) is 3.89. The Kier molecular flexibility index (Phi) is 6.53. The van der Waals surface area contributed by atoms with Crippen LogP contribution in [0.4, 0.5) is 0 Å². The molecule has 8 heteroatoms. The highest BCUT2D eigenvalue weighted by atomic mass is 32.2. The molecule has 0 spiro atoms. The third-order valence-electron chi connectivity index (χ3n) is 4.29. The Bertz CT molecular complexity index is 1000. The van der Waals surface area contributed by atoms with Gasteiger partial charge in [0.25, 0.3) is 5.56 Å². The van der Waals surface area contributed by atoms with E-state index >= 15 is 0 Å². The van der Waals surface area contributed by atoms with Crippen molar-refractivity contribution < 1.29 is 13.9 Å². The average Bonchev–Trinajstić information content (AvgIpc) is 3.20. The minimum atomic E-state index is -0.441. The number of nitrogens with zero attached hydrogens (tertiary/aromatic N) is 2. The molecule has 3 rings (SSSR count). The number of fused-ring (bicyclic) bond motifs is 1. The molecule has 0 aliphatic rings. The number of rotatable bonds is 8. The van der Waals surface area contributed by atoms with Gasteiger partial charge in [-0.25, -0.2) is 4.98 Å². The highest BCUT2D eigenvalue weighted by Crippen LogP contribution is 2.25. The number of thioether (sulfide) groups is 1. The van der Waals surface area contributed by atoms with E-state index in [0.717, 1.165) is 0 Å². The van der Waals surface area contributed by atoms with Gasteiger partial charge in [0.1, 0.15) is 5.76 Å². The van der Waals surface area contributed by atoms with Crippen LogP contribution < -0.4 is 10.9 Å². The molecule has 1 N–H and O–H groups in total. The van der Waals surface area contributed by atoms with E-state index in [1.54, 1.807) is 49.1 Å². The molecule has 7 nitrogen and oxygen atoms in total. The molecule has 0 aliphatic heterocycles. The van der Waals surface area contributed by atoms with Crippen molar-refractivity contribution in [2.75, 3.05) is 13.7 Å². The van der Waals surface area contributed by atoms with E-state index in [1.165, 1.54) is 11.8 Å². The van der Waals surface area contributed by atoms with Gasteiger partial charge >= 0.3 is 0 Å². The molecule has 0 bridgehead atoms. The van der Waals surface area contributed by atoms with Gasteiger partial charge in [0.15, 0.2) is 5.16 Å². The number of nitrogens with one attached hydrogen (secondary N) is 1. The Morgan fingerprint density at radius 2 is 2.07 bits per heavy atom. The molecule has 1 aromatic carbocycles. The van der Waals surface area contributed by atoms with Gasteiger partial charge in [-0.2, -0.15) is 0 Å². The van der Waals surface area contributed by atoms with Crippen molar-refractivity contribution in [1.82, 2.24) is 14.9 Å². The van der Waals surface area contributed by atoms with E-state index in [4.69, 9.17) is 9.15 Å². The smallest absolute Gasteiger partial charge is 0.262 e. The fourth-order valence-electron chi connectivity index (χ4n) is 2.86. The maximum absolute atomic E-state index is 13.0. The first-order valence-electron chi connectivity index (χ1n) is 8.98. The zero-order valence-corrected chi connectivity index (χ0v) is 16.9. The van der Waals surface area contributed by atoms with Crippen LogP contribution in [0.2, 0.25) is 0 Å². The molecule has 2 unspecified atom stereocenters. The molecule has 2 aromatic heterocycles. The first-order chi connectivity index (χ1) is 13.5. The van der Waals surface area contributed by atoms with Crippen LogP contribution in [-0.2, 0) is 16.1 Å². The first-order valence-corrected chi connectivity index (χ1v) is 9.86. The van der Waals surface area contributed by atoms with Gasteiger partial charge in [-0.05, 0) is 38.1 Å². The number of furan rings is 1. The van der Waals surface area contributed by atoms with Gasteiger partial charge in [-0.3, -0.25) is 14.2 Å². The van der Waals surface area contributed by atoms with Gasteiger partial charge in [0.2, 0.25) is 5.91 Å². The predicted molar refractivity (Wildman–Crippen MR) is 108 cm³/mol. The largest absolute Gasteiger partial charge is 0.467 e. The van der Waals surface area contributed by atoms with Gasteiger partial charge in [-0.15, -0.1) is 0 Å². The number of carbonyl (C=O) groups is 1. The summed E-state index contributed by atoms with van der Waals surface area (Å²) in [6, 6.07) is 10.6. The van der Waals surface area contributed by atoms with Crippen molar-refractivity contribution in [3.63, 3.8) is 0 Å². The molecule has 0 saturated heterocycles. The average molecular weight is 401 g/mol. The first kappa shape index (κ1) is 20.2. The number of methoxy groups -OCH3 is 1. The topological polar surface area (TPSA) is 86.4 Å². The van der Waals surface area contributed by atoms with Gasteiger partial charge in [-0.1, -0.05) is 23.9 Å². The molecule has 2 atom stereocenters. The summed E-state index contributed by atoms with van der Waals surface area (Å²) in [5.74, 6) is 0.523. The van der Waals surface area contributed by atoms with Crippen LogP contribution in [0.5, 0.6) is 0 Å². The second-order valence-electron chi connectivity index (χ2n) is 6.45. The number of aromatic nitrogens is 2. The van der Waals surface area contributed by atoms with Crippen LogP contribution in [0.3, 0.4) is 0 Å². The number of ether oxygens (including phenoxy) is 1. The molecule has 1 amide bonds. The Hall–Kier alpha value is -2.58. The molecule has 0 saturated carbocycles. The predicted octanol–water partition coefficient (Wildman–Crippen LogP) is 2.99. The van der Waals surface area contributed by atoms with E-state index < -0.39 is 5.25 Å². The van der Waals surface area contributed by atoms with Gasteiger partial charge in [0.05, 0.1) is 41.6 Å². The van der Waals surface area contributed by atoms with Crippen LogP contribution in [0.15, 0.2) is 57.0 Å². The lowest BCUT2D eigenvalue weighted by atomic mass is 10.2. The summed E-state index contributed by atoms with van der Waals surface area (Å²) >= 11 is 1.25. The van der Waals surface area contributed by atoms with Crippen molar-refractivity contribution in [3.05, 3.63) is 58.8 Å². The lowest BCUT2D eigenvalue weighted by Crippen LogP contribution is -2.32. The minimum Gasteiger partial charge on any atom is -0.467 e. The van der Waals surface area contributed by atoms with E-state index in [1.807, 2.05) is 19.1 Å². The number of amides is 1. The van der Waals surface area contributed by atoms with Crippen molar-refractivity contribution in [1.29, 1.82) is 0 Å². The van der Waals surface area contributed by atoms with Crippen molar-refractivity contribution in [3.8, 4) is 0 Å². The summed E-state index contributed by atoms with van der Waals surface area (Å²) in [6.45, 7) is 4.36. The third-order valence-corrected chi connectivity index (χ3v) is 5.36. The molecule has 3 aromatic rings. The van der Waals surface area contributed by atoms with E-state index in [9.17, 15) is 9.59 Å². The third kappa shape index (κ3) is 4.45. The van der Waals surface area contributed by atoms with Gasteiger partial charge < -0.3 is 14.5 Å². The molecule has 0 aliphatic carbocycles. The number of hydrogen-bond donors (Lipinski definition) is 1. The van der Waals surface area contributed by atoms with Crippen LogP contribution in [-0.4, -0.2) is 34.4 Å². The molecule has 2 heterocycles. The molecular formula is C20H23N3O4S. The van der Waals surface area contributed by atoms with E-state index in [-0.39, 0.29) is 17.5 Å². The number of benzene rings is 1. The fraction of sp³-hybridized carbons (Fsp3) is 0.350. The van der Waals surface area contributed by atoms with Crippen molar-refractivity contribution >= 4 is 28.6 Å². The van der Waals surface area contributed by atoms with Crippen LogP contribution in [0.25, 0.3) is 10.9 Å². The summed E-state index contributed by atoms with van der Waals surface area (Å²) in [6.07, 6.45) is 1.56. The Morgan fingerprint density at radius 3 is 2.79 bits per heavy atom. The number of carbonyl (C=O) groups excluding carboxylic acids is 1. The summed E-state index contributed by atoms with van der Waals surface area (Å²) < 4.78 is 12.1. The van der Waals surface area contributed by atoms with Crippen LogP contribution in [0.1, 0.15) is 25.6 Å². The summed E-state index contributed by atoms with van der Waals surface area (Å²) in [5.41, 5.74) is 0.472. The maximum Gasteiger partial charge on any atom is 0.262 e. The quantitative estimate of drug-likeness (QED) is 0.461. The summed E-state index contributed by atoms with van der Waals surface area (Å²) in [5, 5.41) is 3.44. The highest BCUT2D eigenvalue weighted by molar-refractivity contribution is 8.00. The number of para-hydroxylation sites is 1. The summed E-state index contributed by atoms with van der Waals surface area (Å²) in [4.78, 5) is 30.2. The zero-order chi connectivity index (χ0) is 20.1. The molecule has 0 radical (unpaired) electrons. The highest BCUT2D eigenvalue weighted by Gasteiger charge is 2.21. The standard InChI is InChI=1S/C20H23N3O4S/c1-13(12-26-3)23-19(25)16-8-4-5-9-17(16)22-20(23)28-14(2)18(24)21-11-15-7-6-10-27-15/h4-10,13-14H,11-12H2,1-3H3,(H,21,24). The van der Waals surface area contributed by atoms with Crippen LogP contribution >= 0.6 is 11.8 Å². The summed E-state index contributed by atoms with van der Waals surface area (Å²) in [7, 11) is 1.59. The minimum absolute atomic E-state index is 0.138. The van der Waals surface area contributed by atoms with Crippen molar-refractivity contribution in [2.24, 2.45) is 0 Å². The number of hydrogen-bond acceptors (Lipinski definition) is 6. The van der Waals surface area contributed by atoms with Crippen molar-refractivity contribution in [2.45, 2.75) is 36.8 Å². The van der Waals surface area contributed by atoms with E-state index in [2.05, 4.69) is 10.3 Å². The van der Waals surface area contributed by atoms with E-state index in [0.29, 0.717) is 35.0 Å². The Balaban J connectivity index is 1.86. The lowest BCUT2D eigenvalue weighted by molar-refractivity contribution is -0.120. The maximum atomic E-state index is 13.0. The molecule has 148 valence electrons. The van der Waals surface area contributed by atoms with Gasteiger partial charge in [0, 0.05) is 7.11 Å². The molecule has 0 fully saturated rings. The lowest BCUT2D eigenvalue weighted by Gasteiger charge is -2.20. The normalized spacial score (nSPS) is 13.4. The Morgan fingerprint density at radius 1 is 1.29 bits per heavy atom. The second-order valence-corrected chi connectivity index (χ2v) is 7.76. The molecular weight excluding hydrogens is 378 g/mol.